The van der Waals surface area contributed by atoms with Gasteiger partial charge >= 0.3 is 7.82 Å². The van der Waals surface area contributed by atoms with E-state index in [9.17, 15) is 14.8 Å². The standard InChI is InChI=1S/C12H17N4O7P/c1-13-6-2-3-14-11-8(6)15-5-16(11)12-10(18)9(17)7(23-12)4-22-24(19,20)21/h2-3,5,7,9-10,12,17-18H,4H2,1H3,(H,13,14)(H2,19,20,21)/t7-,9-,10-,12-/m1/s1. The van der Waals surface area contributed by atoms with Crippen molar-refractivity contribution in [2.75, 3.05) is 19.0 Å². The molecule has 3 heterocycles. The molecular weight excluding hydrogens is 343 g/mol. The fourth-order valence-corrected chi connectivity index (χ4v) is 2.93. The largest absolute Gasteiger partial charge is 0.469 e. The zero-order chi connectivity index (χ0) is 17.5. The van der Waals surface area contributed by atoms with Crippen molar-refractivity contribution in [2.45, 2.75) is 24.5 Å². The van der Waals surface area contributed by atoms with Gasteiger partial charge in [0.2, 0.25) is 0 Å². The molecule has 3 rings (SSSR count). The molecule has 24 heavy (non-hydrogen) atoms. The summed E-state index contributed by atoms with van der Waals surface area (Å²) in [4.78, 5) is 25.9. The van der Waals surface area contributed by atoms with E-state index < -0.39 is 39.0 Å². The van der Waals surface area contributed by atoms with E-state index in [-0.39, 0.29) is 0 Å². The number of aliphatic hydroxyl groups excluding tert-OH is 2. The molecule has 0 spiro atoms. The van der Waals surface area contributed by atoms with E-state index in [1.54, 1.807) is 19.3 Å². The van der Waals surface area contributed by atoms with Gasteiger partial charge in [-0.15, -0.1) is 0 Å². The highest BCUT2D eigenvalue weighted by Gasteiger charge is 2.45. The number of pyridine rings is 1. The number of hydrogen-bond donors (Lipinski definition) is 5. The first kappa shape index (κ1) is 17.2. The van der Waals surface area contributed by atoms with Gasteiger partial charge in [0.1, 0.15) is 23.8 Å². The van der Waals surface area contributed by atoms with Gasteiger partial charge < -0.3 is 30.1 Å². The molecule has 1 fully saturated rings. The summed E-state index contributed by atoms with van der Waals surface area (Å²) in [6, 6.07) is 1.73. The molecule has 1 aliphatic heterocycles. The van der Waals surface area contributed by atoms with Crippen molar-refractivity contribution in [1.82, 2.24) is 14.5 Å². The maximum Gasteiger partial charge on any atom is 0.469 e. The van der Waals surface area contributed by atoms with Crippen LogP contribution in [-0.4, -0.2) is 66.5 Å². The van der Waals surface area contributed by atoms with Crippen LogP contribution in [0.15, 0.2) is 18.6 Å². The molecular formula is C12H17N4O7P. The van der Waals surface area contributed by atoms with E-state index in [0.717, 1.165) is 5.69 Å². The van der Waals surface area contributed by atoms with E-state index >= 15 is 0 Å². The minimum atomic E-state index is -4.71. The average Bonchev–Trinajstić information content (AvgIpc) is 3.07. The summed E-state index contributed by atoms with van der Waals surface area (Å²) in [6.07, 6.45) is -1.89. The van der Waals surface area contributed by atoms with Crippen LogP contribution in [0.1, 0.15) is 6.23 Å². The third-order valence-corrected chi connectivity index (χ3v) is 4.23. The van der Waals surface area contributed by atoms with Crippen molar-refractivity contribution in [3.8, 4) is 0 Å². The third kappa shape index (κ3) is 3.15. The van der Waals surface area contributed by atoms with E-state index in [1.807, 2.05) is 0 Å². The average molecular weight is 360 g/mol. The molecule has 2 aromatic rings. The Morgan fingerprint density at radius 3 is 2.79 bits per heavy atom. The Labute approximate surface area is 136 Å². The summed E-state index contributed by atoms with van der Waals surface area (Å²) in [5.74, 6) is 0. The minimum absolute atomic E-state index is 0.426. The lowest BCUT2D eigenvalue weighted by Crippen LogP contribution is -2.33. The minimum Gasteiger partial charge on any atom is -0.387 e. The molecule has 0 bridgehead atoms. The van der Waals surface area contributed by atoms with Crippen LogP contribution in [0.25, 0.3) is 11.2 Å². The number of fused-ring (bicyclic) bond motifs is 1. The Bertz CT molecular complexity index is 778. The summed E-state index contributed by atoms with van der Waals surface area (Å²) >= 11 is 0. The van der Waals surface area contributed by atoms with Gasteiger partial charge in [0, 0.05) is 13.2 Å². The monoisotopic (exact) mass is 360 g/mol. The quantitative estimate of drug-likeness (QED) is 0.427. The third-order valence-electron chi connectivity index (χ3n) is 3.75. The van der Waals surface area contributed by atoms with Gasteiger partial charge in [-0.1, -0.05) is 0 Å². The van der Waals surface area contributed by atoms with Crippen LogP contribution in [-0.2, 0) is 13.8 Å². The second-order valence-electron chi connectivity index (χ2n) is 5.27. The van der Waals surface area contributed by atoms with Crippen molar-refractivity contribution in [2.24, 2.45) is 0 Å². The number of phosphoric ester groups is 1. The molecule has 1 aliphatic rings. The number of hydrogen-bond acceptors (Lipinski definition) is 8. The van der Waals surface area contributed by atoms with E-state index in [2.05, 4.69) is 19.8 Å². The number of ether oxygens (including phenoxy) is 1. The van der Waals surface area contributed by atoms with Gasteiger partial charge in [0.05, 0.1) is 18.6 Å². The molecule has 0 amide bonds. The van der Waals surface area contributed by atoms with Gasteiger partial charge in [-0.3, -0.25) is 9.09 Å². The number of phosphoric acid groups is 1. The highest BCUT2D eigenvalue weighted by Crippen LogP contribution is 2.38. The lowest BCUT2D eigenvalue weighted by molar-refractivity contribution is -0.0503. The van der Waals surface area contributed by atoms with Crippen molar-refractivity contribution in [1.29, 1.82) is 0 Å². The maximum absolute atomic E-state index is 10.8. The Morgan fingerprint density at radius 2 is 2.12 bits per heavy atom. The van der Waals surface area contributed by atoms with Crippen molar-refractivity contribution in [3.63, 3.8) is 0 Å². The fraction of sp³-hybridized carbons (Fsp3) is 0.500. The number of rotatable bonds is 5. The van der Waals surface area contributed by atoms with Crippen LogP contribution in [0, 0.1) is 0 Å². The van der Waals surface area contributed by atoms with Gasteiger partial charge in [-0.05, 0) is 6.07 Å². The summed E-state index contributed by atoms with van der Waals surface area (Å²) in [5.41, 5.74) is 1.71. The Balaban J connectivity index is 1.86. The molecule has 1 saturated heterocycles. The van der Waals surface area contributed by atoms with Crippen LogP contribution in [0.4, 0.5) is 5.69 Å². The summed E-state index contributed by atoms with van der Waals surface area (Å²) < 4.78 is 22.1. The van der Waals surface area contributed by atoms with Gasteiger partial charge in [-0.2, -0.15) is 0 Å². The Morgan fingerprint density at radius 1 is 1.38 bits per heavy atom. The van der Waals surface area contributed by atoms with Crippen LogP contribution in [0.2, 0.25) is 0 Å². The molecule has 11 nitrogen and oxygen atoms in total. The Kier molecular flexibility index (Phi) is 4.58. The molecule has 2 aromatic heterocycles. The van der Waals surface area contributed by atoms with Crippen molar-refractivity contribution in [3.05, 3.63) is 18.6 Å². The maximum atomic E-state index is 10.8. The molecule has 5 N–H and O–H groups in total. The predicted octanol–water partition coefficient (Wildman–Crippen LogP) is -0.799. The van der Waals surface area contributed by atoms with Crippen molar-refractivity contribution < 1.29 is 33.8 Å². The molecule has 12 heteroatoms. The first-order valence-corrected chi connectivity index (χ1v) is 8.56. The normalized spacial score (nSPS) is 27.7. The molecule has 0 aliphatic carbocycles. The van der Waals surface area contributed by atoms with Crippen molar-refractivity contribution >= 4 is 24.7 Å². The van der Waals surface area contributed by atoms with Crippen LogP contribution >= 0.6 is 7.82 Å². The van der Waals surface area contributed by atoms with Crippen LogP contribution in [0.5, 0.6) is 0 Å². The molecule has 0 aromatic carbocycles. The molecule has 132 valence electrons. The summed E-state index contributed by atoms with van der Waals surface area (Å²) in [7, 11) is -2.98. The highest BCUT2D eigenvalue weighted by atomic mass is 31.2. The lowest BCUT2D eigenvalue weighted by atomic mass is 10.1. The number of aliphatic hydroxyl groups is 2. The first-order chi connectivity index (χ1) is 11.3. The summed E-state index contributed by atoms with van der Waals surface area (Å²) in [5, 5.41) is 23.2. The van der Waals surface area contributed by atoms with Gasteiger partial charge in [0.25, 0.3) is 0 Å². The fourth-order valence-electron chi connectivity index (χ4n) is 2.59. The topological polar surface area (TPSA) is 159 Å². The lowest BCUT2D eigenvalue weighted by Gasteiger charge is -2.16. The zero-order valence-corrected chi connectivity index (χ0v) is 13.4. The zero-order valence-electron chi connectivity index (χ0n) is 12.6. The number of anilines is 1. The molecule has 0 saturated carbocycles. The smallest absolute Gasteiger partial charge is 0.387 e. The highest BCUT2D eigenvalue weighted by molar-refractivity contribution is 7.46. The number of aromatic nitrogens is 3. The SMILES string of the molecule is CNc1ccnc2c1ncn2[C@@H]1O[C@H](COP(=O)(O)O)[C@@H](O)[C@H]1O. The predicted molar refractivity (Wildman–Crippen MR) is 81.0 cm³/mol. The second kappa shape index (κ2) is 6.37. The number of nitrogens with zero attached hydrogens (tertiary/aromatic N) is 3. The first-order valence-electron chi connectivity index (χ1n) is 7.03. The van der Waals surface area contributed by atoms with E-state index in [4.69, 9.17) is 14.5 Å². The van der Waals surface area contributed by atoms with E-state index in [0.29, 0.717) is 11.2 Å². The van der Waals surface area contributed by atoms with Gasteiger partial charge in [0.15, 0.2) is 11.9 Å². The molecule has 0 radical (unpaired) electrons. The Hall–Kier alpha value is -1.59. The second-order valence-corrected chi connectivity index (χ2v) is 6.50. The molecule has 0 unspecified atom stereocenters. The van der Waals surface area contributed by atoms with Crippen LogP contribution in [0.3, 0.4) is 0 Å². The van der Waals surface area contributed by atoms with Crippen LogP contribution < -0.4 is 5.32 Å². The molecule has 4 atom stereocenters. The van der Waals surface area contributed by atoms with E-state index in [1.165, 1.54) is 10.9 Å². The number of nitrogens with one attached hydrogen (secondary N) is 1. The van der Waals surface area contributed by atoms with Gasteiger partial charge in [-0.25, -0.2) is 14.5 Å². The summed E-state index contributed by atoms with van der Waals surface area (Å²) in [6.45, 7) is -0.569. The number of imidazole rings is 1.